The zero-order valence-corrected chi connectivity index (χ0v) is 7.15. The summed E-state index contributed by atoms with van der Waals surface area (Å²) in [5, 5.41) is 15.3. The highest BCUT2D eigenvalue weighted by Gasteiger charge is 2.20. The van der Waals surface area contributed by atoms with Gasteiger partial charge in [-0.2, -0.15) is 16.9 Å². The van der Waals surface area contributed by atoms with Crippen molar-refractivity contribution in [3.63, 3.8) is 0 Å². The van der Waals surface area contributed by atoms with E-state index in [0.29, 0.717) is 0 Å². The molecule has 0 radical (unpaired) electrons. The first-order valence-corrected chi connectivity index (χ1v) is 4.81. The van der Waals surface area contributed by atoms with Gasteiger partial charge in [-0.25, -0.2) is 4.79 Å². The van der Waals surface area contributed by atoms with Crippen molar-refractivity contribution in [2.24, 2.45) is 0 Å². The average molecular weight is 184 g/mol. The van der Waals surface area contributed by atoms with Gasteiger partial charge in [0, 0.05) is 17.0 Å². The van der Waals surface area contributed by atoms with Crippen LogP contribution in [0.25, 0.3) is 0 Å². The Balaban J connectivity index is 2.44. The number of aromatic nitrogens is 2. The van der Waals surface area contributed by atoms with Crippen LogP contribution < -0.4 is 0 Å². The van der Waals surface area contributed by atoms with Gasteiger partial charge >= 0.3 is 5.97 Å². The number of nitrogens with one attached hydrogen (secondary N) is 1. The number of carboxylic acids is 1. The number of carboxylic acid groups (broad SMARTS) is 1. The lowest BCUT2D eigenvalue weighted by atomic mass is 10.1. The van der Waals surface area contributed by atoms with Crippen molar-refractivity contribution in [3.8, 4) is 0 Å². The molecule has 0 unspecified atom stereocenters. The summed E-state index contributed by atoms with van der Waals surface area (Å²) in [7, 11) is 0. The molecule has 2 N–H and O–H groups in total. The molecule has 1 aliphatic rings. The number of nitrogens with zero attached hydrogens (tertiary/aromatic N) is 1. The molecule has 4 nitrogen and oxygen atoms in total. The number of rotatable bonds is 1. The predicted molar refractivity (Wildman–Crippen MR) is 45.4 cm³/mol. The quantitative estimate of drug-likeness (QED) is 0.680. The minimum atomic E-state index is -0.931. The van der Waals surface area contributed by atoms with Gasteiger partial charge in [0.1, 0.15) is 0 Å². The minimum absolute atomic E-state index is 0.199. The van der Waals surface area contributed by atoms with Gasteiger partial charge in [-0.05, 0) is 12.2 Å². The Kier molecular flexibility index (Phi) is 1.80. The summed E-state index contributed by atoms with van der Waals surface area (Å²) in [6.45, 7) is 0. The molecule has 2 rings (SSSR count). The number of aromatic amines is 1. The normalized spacial score (nSPS) is 15.7. The third-order valence-electron chi connectivity index (χ3n) is 1.90. The maximum absolute atomic E-state index is 10.6. The zero-order chi connectivity index (χ0) is 8.55. The number of hydrogen-bond donors (Lipinski definition) is 2. The monoisotopic (exact) mass is 184 g/mol. The molecule has 5 heteroatoms. The van der Waals surface area contributed by atoms with E-state index in [0.717, 1.165) is 29.2 Å². The van der Waals surface area contributed by atoms with E-state index in [1.165, 1.54) is 0 Å². The molecular weight excluding hydrogens is 176 g/mol. The van der Waals surface area contributed by atoms with Crippen molar-refractivity contribution in [3.05, 3.63) is 17.0 Å². The van der Waals surface area contributed by atoms with Gasteiger partial charge in [0.05, 0.1) is 0 Å². The van der Waals surface area contributed by atoms with Gasteiger partial charge in [-0.3, -0.25) is 5.10 Å². The van der Waals surface area contributed by atoms with Crippen LogP contribution in [0.5, 0.6) is 0 Å². The van der Waals surface area contributed by atoms with E-state index in [1.807, 2.05) is 0 Å². The third kappa shape index (κ3) is 1.10. The molecule has 0 fully saturated rings. The number of fused-ring (bicyclic) bond motifs is 1. The Labute approximate surface area is 73.4 Å². The first-order chi connectivity index (χ1) is 5.79. The van der Waals surface area contributed by atoms with E-state index in [9.17, 15) is 4.79 Å². The Morgan fingerprint density at radius 3 is 3.25 bits per heavy atom. The molecule has 1 aromatic heterocycles. The summed E-state index contributed by atoms with van der Waals surface area (Å²) in [5.74, 6) is 0.919. The second-order valence-corrected chi connectivity index (χ2v) is 3.74. The van der Waals surface area contributed by atoms with Gasteiger partial charge in [-0.1, -0.05) is 0 Å². The van der Waals surface area contributed by atoms with Crippen molar-refractivity contribution in [2.75, 3.05) is 5.75 Å². The van der Waals surface area contributed by atoms with E-state index in [-0.39, 0.29) is 5.69 Å². The first-order valence-electron chi connectivity index (χ1n) is 3.66. The lowest BCUT2D eigenvalue weighted by Gasteiger charge is -2.09. The molecule has 0 atom stereocenters. The highest BCUT2D eigenvalue weighted by atomic mass is 32.2. The van der Waals surface area contributed by atoms with Crippen LogP contribution in [-0.4, -0.2) is 27.0 Å². The average Bonchev–Trinajstić information content (AvgIpc) is 2.47. The standard InChI is InChI=1S/C7H8N2O2S/c10-7(11)6-4-1-2-12-3-5(4)8-9-6/h1-3H2,(H,8,9)(H,10,11). The van der Waals surface area contributed by atoms with Crippen LogP contribution >= 0.6 is 11.8 Å². The van der Waals surface area contributed by atoms with Crippen LogP contribution in [-0.2, 0) is 12.2 Å². The van der Waals surface area contributed by atoms with Crippen molar-refractivity contribution >= 4 is 17.7 Å². The SMILES string of the molecule is O=C(O)c1n[nH]c2c1CCSC2. The Hall–Kier alpha value is -0.970. The van der Waals surface area contributed by atoms with Gasteiger partial charge in [0.2, 0.25) is 0 Å². The fourth-order valence-electron chi connectivity index (χ4n) is 1.32. The predicted octanol–water partition coefficient (Wildman–Crippen LogP) is 0.897. The number of hydrogen-bond acceptors (Lipinski definition) is 3. The fourth-order valence-corrected chi connectivity index (χ4v) is 2.25. The van der Waals surface area contributed by atoms with Crippen LogP contribution in [0.3, 0.4) is 0 Å². The number of thioether (sulfide) groups is 1. The topological polar surface area (TPSA) is 66.0 Å². The first kappa shape index (κ1) is 7.67. The molecule has 0 spiro atoms. The van der Waals surface area contributed by atoms with E-state index in [2.05, 4.69) is 10.2 Å². The van der Waals surface area contributed by atoms with Crippen molar-refractivity contribution < 1.29 is 9.90 Å². The van der Waals surface area contributed by atoms with Crippen LogP contribution in [0.2, 0.25) is 0 Å². The number of carbonyl (C=O) groups is 1. The van der Waals surface area contributed by atoms with Crippen LogP contribution in [0, 0.1) is 0 Å². The summed E-state index contributed by atoms with van der Waals surface area (Å²) in [4.78, 5) is 10.6. The fraction of sp³-hybridized carbons (Fsp3) is 0.429. The van der Waals surface area contributed by atoms with E-state index in [4.69, 9.17) is 5.11 Å². The molecule has 0 amide bonds. The second-order valence-electron chi connectivity index (χ2n) is 2.64. The van der Waals surface area contributed by atoms with Crippen molar-refractivity contribution in [2.45, 2.75) is 12.2 Å². The summed E-state index contributed by atoms with van der Waals surface area (Å²) >= 11 is 1.80. The van der Waals surface area contributed by atoms with Crippen LogP contribution in [0.1, 0.15) is 21.7 Å². The molecule has 0 aromatic carbocycles. The molecule has 64 valence electrons. The Morgan fingerprint density at radius 1 is 1.67 bits per heavy atom. The summed E-state index contributed by atoms with van der Waals surface area (Å²) in [5.41, 5.74) is 2.07. The number of aromatic carboxylic acids is 1. The minimum Gasteiger partial charge on any atom is -0.476 e. The summed E-state index contributed by atoms with van der Waals surface area (Å²) in [6, 6.07) is 0. The highest BCUT2D eigenvalue weighted by Crippen LogP contribution is 2.24. The third-order valence-corrected chi connectivity index (χ3v) is 2.88. The molecule has 1 aliphatic heterocycles. The smallest absolute Gasteiger partial charge is 0.356 e. The zero-order valence-electron chi connectivity index (χ0n) is 6.33. The van der Waals surface area contributed by atoms with Crippen LogP contribution in [0.4, 0.5) is 0 Å². The second kappa shape index (κ2) is 2.82. The van der Waals surface area contributed by atoms with Gasteiger partial charge in [0.15, 0.2) is 5.69 Å². The molecule has 12 heavy (non-hydrogen) atoms. The summed E-state index contributed by atoms with van der Waals surface area (Å²) < 4.78 is 0. The lowest BCUT2D eigenvalue weighted by Crippen LogP contribution is -2.06. The Bertz CT molecular complexity index is 321. The van der Waals surface area contributed by atoms with Gasteiger partial charge in [-0.15, -0.1) is 0 Å². The maximum atomic E-state index is 10.6. The lowest BCUT2D eigenvalue weighted by molar-refractivity contribution is 0.0689. The molecule has 2 heterocycles. The largest absolute Gasteiger partial charge is 0.476 e. The molecule has 0 bridgehead atoms. The Morgan fingerprint density at radius 2 is 2.50 bits per heavy atom. The highest BCUT2D eigenvalue weighted by molar-refractivity contribution is 7.98. The van der Waals surface area contributed by atoms with Crippen molar-refractivity contribution in [1.82, 2.24) is 10.2 Å². The molecule has 0 saturated heterocycles. The maximum Gasteiger partial charge on any atom is 0.356 e. The van der Waals surface area contributed by atoms with E-state index in [1.54, 1.807) is 11.8 Å². The molecule has 1 aromatic rings. The molecular formula is C7H8N2O2S. The van der Waals surface area contributed by atoms with E-state index >= 15 is 0 Å². The number of H-pyrrole nitrogens is 1. The molecule has 0 saturated carbocycles. The summed E-state index contributed by atoms with van der Waals surface area (Å²) in [6.07, 6.45) is 0.818. The van der Waals surface area contributed by atoms with E-state index < -0.39 is 5.97 Å². The van der Waals surface area contributed by atoms with Gasteiger partial charge < -0.3 is 5.11 Å². The molecule has 0 aliphatic carbocycles. The van der Waals surface area contributed by atoms with Crippen LogP contribution in [0.15, 0.2) is 0 Å². The van der Waals surface area contributed by atoms with Crippen molar-refractivity contribution in [1.29, 1.82) is 0 Å². The van der Waals surface area contributed by atoms with Gasteiger partial charge in [0.25, 0.3) is 0 Å².